The molecule has 0 amide bonds. The highest BCUT2D eigenvalue weighted by Gasteiger charge is 2.18. The van der Waals surface area contributed by atoms with Gasteiger partial charge in [-0.05, 0) is 34.1 Å². The Labute approximate surface area is 168 Å². The average Bonchev–Trinajstić information content (AvgIpc) is 3.14. The van der Waals surface area contributed by atoms with E-state index in [9.17, 15) is 14.7 Å². The van der Waals surface area contributed by atoms with E-state index in [1.807, 2.05) is 30.3 Å². The zero-order valence-electron chi connectivity index (χ0n) is 14.4. The summed E-state index contributed by atoms with van der Waals surface area (Å²) < 4.78 is 0.486. The lowest BCUT2D eigenvalue weighted by molar-refractivity contribution is 0.0696. The summed E-state index contributed by atoms with van der Waals surface area (Å²) in [4.78, 5) is 33.9. The molecule has 0 radical (unpaired) electrons. The molecule has 0 bridgehead atoms. The van der Waals surface area contributed by atoms with Crippen LogP contribution in [0.5, 0.6) is 0 Å². The molecular weight excluding hydrogens is 422 g/mol. The molecular formula is C21H14BrN3O3. The SMILES string of the molecule is O=C(O)c1cc(-c2nc(-c3ccccc3)[nH]c2-c2cc[nH]c(=O)c2)ccc1Br. The number of aromatic nitrogens is 3. The van der Waals surface area contributed by atoms with Crippen LogP contribution in [-0.2, 0) is 0 Å². The van der Waals surface area contributed by atoms with E-state index in [1.54, 1.807) is 30.5 Å². The Balaban J connectivity index is 1.95. The highest BCUT2D eigenvalue weighted by Crippen LogP contribution is 2.34. The van der Waals surface area contributed by atoms with E-state index < -0.39 is 5.97 Å². The van der Waals surface area contributed by atoms with Gasteiger partial charge in [-0.15, -0.1) is 0 Å². The maximum Gasteiger partial charge on any atom is 0.336 e. The van der Waals surface area contributed by atoms with E-state index in [4.69, 9.17) is 4.98 Å². The molecule has 28 heavy (non-hydrogen) atoms. The van der Waals surface area contributed by atoms with Crippen molar-refractivity contribution in [2.75, 3.05) is 0 Å². The molecule has 0 aliphatic rings. The number of hydrogen-bond donors (Lipinski definition) is 3. The monoisotopic (exact) mass is 435 g/mol. The van der Waals surface area contributed by atoms with Gasteiger partial charge >= 0.3 is 5.97 Å². The molecule has 3 N–H and O–H groups in total. The minimum absolute atomic E-state index is 0.138. The molecule has 2 aromatic heterocycles. The predicted octanol–water partition coefficient (Wildman–Crippen LogP) is 4.56. The molecule has 2 aromatic carbocycles. The Morgan fingerprint density at radius 3 is 2.46 bits per heavy atom. The minimum Gasteiger partial charge on any atom is -0.478 e. The van der Waals surface area contributed by atoms with Crippen molar-refractivity contribution in [2.24, 2.45) is 0 Å². The molecule has 0 spiro atoms. The van der Waals surface area contributed by atoms with Crippen LogP contribution in [0.3, 0.4) is 0 Å². The van der Waals surface area contributed by atoms with E-state index in [0.717, 1.165) is 5.56 Å². The number of aromatic amines is 2. The number of halogens is 1. The van der Waals surface area contributed by atoms with Crippen molar-refractivity contribution in [3.63, 3.8) is 0 Å². The van der Waals surface area contributed by atoms with Crippen molar-refractivity contribution in [2.45, 2.75) is 0 Å². The number of rotatable bonds is 4. The quantitative estimate of drug-likeness (QED) is 0.437. The third-order valence-corrected chi connectivity index (χ3v) is 4.98. The molecule has 4 aromatic rings. The fraction of sp³-hybridized carbons (Fsp3) is 0. The smallest absolute Gasteiger partial charge is 0.336 e. The second-order valence-electron chi connectivity index (χ2n) is 6.12. The number of aromatic carboxylic acids is 1. The fourth-order valence-corrected chi connectivity index (χ4v) is 3.38. The van der Waals surface area contributed by atoms with Crippen LogP contribution in [0.25, 0.3) is 33.9 Å². The van der Waals surface area contributed by atoms with Gasteiger partial charge in [-0.2, -0.15) is 0 Å². The second-order valence-corrected chi connectivity index (χ2v) is 6.97. The highest BCUT2D eigenvalue weighted by molar-refractivity contribution is 9.10. The molecule has 0 saturated carbocycles. The van der Waals surface area contributed by atoms with E-state index in [1.165, 1.54) is 6.07 Å². The molecule has 0 saturated heterocycles. The zero-order chi connectivity index (χ0) is 19.7. The van der Waals surface area contributed by atoms with Gasteiger partial charge in [0.15, 0.2) is 0 Å². The number of carboxylic acid groups (broad SMARTS) is 1. The molecule has 7 heteroatoms. The molecule has 0 unspecified atom stereocenters. The lowest BCUT2D eigenvalue weighted by Crippen LogP contribution is -2.02. The van der Waals surface area contributed by atoms with E-state index in [0.29, 0.717) is 32.8 Å². The van der Waals surface area contributed by atoms with Crippen molar-refractivity contribution in [1.82, 2.24) is 15.0 Å². The first-order valence-corrected chi connectivity index (χ1v) is 9.20. The standard InChI is InChI=1S/C21H14BrN3O3/c22-16-7-6-13(10-15(16)21(27)28)18-19(14-8-9-23-17(26)11-14)25-20(24-18)12-4-2-1-3-5-12/h1-11H,(H,23,26)(H,24,25)(H,27,28). The first kappa shape index (κ1) is 17.9. The lowest BCUT2D eigenvalue weighted by Gasteiger charge is -2.05. The van der Waals surface area contributed by atoms with Gasteiger partial charge in [0.1, 0.15) is 5.82 Å². The first-order valence-electron chi connectivity index (χ1n) is 8.40. The first-order chi connectivity index (χ1) is 13.5. The topological polar surface area (TPSA) is 98.8 Å². The zero-order valence-corrected chi connectivity index (χ0v) is 16.0. The molecule has 6 nitrogen and oxygen atoms in total. The number of nitrogens with one attached hydrogen (secondary N) is 2. The summed E-state index contributed by atoms with van der Waals surface area (Å²) in [6.07, 6.45) is 1.56. The van der Waals surface area contributed by atoms with Crippen molar-refractivity contribution in [3.8, 4) is 33.9 Å². The van der Waals surface area contributed by atoms with Crippen LogP contribution >= 0.6 is 15.9 Å². The average molecular weight is 436 g/mol. The van der Waals surface area contributed by atoms with Gasteiger partial charge in [0.25, 0.3) is 0 Å². The predicted molar refractivity (Wildman–Crippen MR) is 110 cm³/mol. The molecule has 0 aliphatic heterocycles. The van der Waals surface area contributed by atoms with Gasteiger partial charge in [-0.3, -0.25) is 4.79 Å². The number of H-pyrrole nitrogens is 2. The number of nitrogens with zero attached hydrogens (tertiary/aromatic N) is 1. The Kier molecular flexibility index (Phi) is 4.67. The van der Waals surface area contributed by atoms with Crippen LogP contribution in [0.2, 0.25) is 0 Å². The molecule has 0 atom stereocenters. The summed E-state index contributed by atoms with van der Waals surface area (Å²) in [7, 11) is 0. The Morgan fingerprint density at radius 2 is 1.75 bits per heavy atom. The van der Waals surface area contributed by atoms with Crippen molar-refractivity contribution < 1.29 is 9.90 Å². The Hall–Kier alpha value is -3.45. The summed E-state index contributed by atoms with van der Waals surface area (Å²) >= 11 is 3.26. The van der Waals surface area contributed by atoms with Crippen molar-refractivity contribution in [1.29, 1.82) is 0 Å². The lowest BCUT2D eigenvalue weighted by atomic mass is 10.0. The normalized spacial score (nSPS) is 10.8. The summed E-state index contributed by atoms with van der Waals surface area (Å²) in [5, 5.41) is 9.44. The van der Waals surface area contributed by atoms with Gasteiger partial charge in [0, 0.05) is 33.4 Å². The third kappa shape index (κ3) is 3.39. The van der Waals surface area contributed by atoms with Crippen LogP contribution < -0.4 is 5.56 Å². The Bertz CT molecular complexity index is 1230. The van der Waals surface area contributed by atoms with Gasteiger partial charge in [-0.1, -0.05) is 36.4 Å². The van der Waals surface area contributed by atoms with Gasteiger partial charge in [0.05, 0.1) is 17.0 Å². The highest BCUT2D eigenvalue weighted by atomic mass is 79.9. The number of hydrogen-bond acceptors (Lipinski definition) is 3. The Morgan fingerprint density at radius 1 is 0.964 bits per heavy atom. The number of pyridine rings is 1. The van der Waals surface area contributed by atoms with Gasteiger partial charge in [-0.25, -0.2) is 9.78 Å². The molecule has 138 valence electrons. The van der Waals surface area contributed by atoms with E-state index >= 15 is 0 Å². The third-order valence-electron chi connectivity index (χ3n) is 4.28. The van der Waals surface area contributed by atoms with E-state index in [2.05, 4.69) is 25.9 Å². The maximum absolute atomic E-state index is 11.8. The van der Waals surface area contributed by atoms with Crippen LogP contribution in [0.1, 0.15) is 10.4 Å². The molecule has 4 rings (SSSR count). The van der Waals surface area contributed by atoms with Crippen LogP contribution in [-0.4, -0.2) is 26.0 Å². The number of imidazole rings is 1. The summed E-state index contributed by atoms with van der Waals surface area (Å²) in [6, 6.07) is 17.9. The van der Waals surface area contributed by atoms with E-state index in [-0.39, 0.29) is 11.1 Å². The second kappa shape index (κ2) is 7.28. The van der Waals surface area contributed by atoms with Crippen molar-refractivity contribution >= 4 is 21.9 Å². The summed E-state index contributed by atoms with van der Waals surface area (Å²) in [6.45, 7) is 0. The number of benzene rings is 2. The van der Waals surface area contributed by atoms with Crippen molar-refractivity contribution in [3.05, 3.63) is 87.3 Å². The number of carbonyl (C=O) groups is 1. The summed E-state index contributed by atoms with van der Waals surface area (Å²) in [5.74, 6) is -0.407. The largest absolute Gasteiger partial charge is 0.478 e. The van der Waals surface area contributed by atoms with Gasteiger partial charge in [0.2, 0.25) is 5.56 Å². The molecule has 0 aliphatic carbocycles. The van der Waals surface area contributed by atoms with Crippen LogP contribution in [0.4, 0.5) is 0 Å². The molecule has 2 heterocycles. The number of carboxylic acids is 1. The van der Waals surface area contributed by atoms with Crippen LogP contribution in [0, 0.1) is 0 Å². The maximum atomic E-state index is 11.8. The van der Waals surface area contributed by atoms with Gasteiger partial charge < -0.3 is 15.1 Å². The van der Waals surface area contributed by atoms with Crippen LogP contribution in [0.15, 0.2) is 76.1 Å². The summed E-state index contributed by atoms with van der Waals surface area (Å²) in [5.41, 5.74) is 3.29. The molecule has 0 fully saturated rings. The minimum atomic E-state index is -1.04. The fourth-order valence-electron chi connectivity index (χ4n) is 2.96.